The number of nitrogens with two attached hydrogens (primary N) is 1. The van der Waals surface area contributed by atoms with Crippen molar-refractivity contribution >= 4 is 5.91 Å². The number of carbonyl (C=O) groups is 1. The lowest BCUT2D eigenvalue weighted by molar-refractivity contribution is -0.164. The number of nitrogens with zero attached hydrogens (tertiary/aromatic N) is 1. The molecule has 0 aromatic rings. The normalized spacial score (nSPS) is 35.8. The van der Waals surface area contributed by atoms with Crippen LogP contribution in [0.2, 0.25) is 0 Å². The summed E-state index contributed by atoms with van der Waals surface area (Å²) in [6, 6.07) is 0.0228. The molecule has 4 heteroatoms. The van der Waals surface area contributed by atoms with Crippen LogP contribution in [-0.2, 0) is 4.79 Å². The number of hydrogen-bond donors (Lipinski definition) is 2. The predicted molar refractivity (Wildman–Crippen MR) is 68.8 cm³/mol. The Morgan fingerprint density at radius 3 is 2.44 bits per heavy atom. The third-order valence-corrected chi connectivity index (χ3v) is 4.96. The minimum atomic E-state index is -0.565. The van der Waals surface area contributed by atoms with E-state index in [0.717, 1.165) is 38.5 Å². The lowest BCUT2D eigenvalue weighted by atomic mass is 9.85. The minimum absolute atomic E-state index is 0.00347. The van der Waals surface area contributed by atoms with Crippen molar-refractivity contribution in [2.24, 2.45) is 17.6 Å². The van der Waals surface area contributed by atoms with Crippen molar-refractivity contribution in [1.29, 1.82) is 0 Å². The minimum Gasteiger partial charge on any atom is -0.386 e. The summed E-state index contributed by atoms with van der Waals surface area (Å²) in [5.74, 6) is 0.635. The molecule has 1 heterocycles. The van der Waals surface area contributed by atoms with E-state index in [2.05, 4.69) is 0 Å². The SMILES string of the molecule is NC1CCCCCC1C(=O)N1CC(O)(C2CC2)C1. The fourth-order valence-electron chi connectivity index (χ4n) is 3.53. The van der Waals surface area contributed by atoms with E-state index in [0.29, 0.717) is 19.0 Å². The van der Waals surface area contributed by atoms with E-state index in [-0.39, 0.29) is 17.9 Å². The Kier molecular flexibility index (Phi) is 3.10. The molecule has 1 aliphatic heterocycles. The summed E-state index contributed by atoms with van der Waals surface area (Å²) in [5, 5.41) is 10.3. The molecule has 4 nitrogen and oxygen atoms in total. The van der Waals surface area contributed by atoms with Gasteiger partial charge in [0.15, 0.2) is 0 Å². The first-order valence-corrected chi connectivity index (χ1v) is 7.37. The molecule has 1 amide bonds. The van der Waals surface area contributed by atoms with Crippen LogP contribution in [0.3, 0.4) is 0 Å². The summed E-state index contributed by atoms with van der Waals surface area (Å²) in [6.45, 7) is 1.08. The number of aliphatic hydroxyl groups is 1. The van der Waals surface area contributed by atoms with Gasteiger partial charge in [-0.1, -0.05) is 19.3 Å². The van der Waals surface area contributed by atoms with Gasteiger partial charge in [0.2, 0.25) is 5.91 Å². The fraction of sp³-hybridized carbons (Fsp3) is 0.929. The van der Waals surface area contributed by atoms with E-state index in [9.17, 15) is 9.90 Å². The van der Waals surface area contributed by atoms with Crippen molar-refractivity contribution in [2.75, 3.05) is 13.1 Å². The summed E-state index contributed by atoms with van der Waals surface area (Å²) in [4.78, 5) is 14.2. The molecule has 102 valence electrons. The van der Waals surface area contributed by atoms with Crippen LogP contribution in [0.5, 0.6) is 0 Å². The average Bonchev–Trinajstić information content (AvgIpc) is 3.11. The van der Waals surface area contributed by atoms with Gasteiger partial charge < -0.3 is 15.7 Å². The molecule has 18 heavy (non-hydrogen) atoms. The molecular weight excluding hydrogens is 228 g/mol. The molecule has 2 unspecified atom stereocenters. The fourth-order valence-corrected chi connectivity index (χ4v) is 3.53. The zero-order valence-electron chi connectivity index (χ0n) is 11.0. The maximum Gasteiger partial charge on any atom is 0.227 e. The lowest BCUT2D eigenvalue weighted by Crippen LogP contribution is -2.66. The molecule has 3 aliphatic rings. The molecule has 0 radical (unpaired) electrons. The Morgan fingerprint density at radius 2 is 1.78 bits per heavy atom. The largest absolute Gasteiger partial charge is 0.386 e. The third-order valence-electron chi connectivity index (χ3n) is 4.96. The van der Waals surface area contributed by atoms with Crippen LogP contribution in [0.25, 0.3) is 0 Å². The highest BCUT2D eigenvalue weighted by molar-refractivity contribution is 5.80. The quantitative estimate of drug-likeness (QED) is 0.717. The number of carbonyl (C=O) groups excluding carboxylic acids is 1. The average molecular weight is 252 g/mol. The van der Waals surface area contributed by atoms with Gasteiger partial charge in [0.25, 0.3) is 0 Å². The Labute approximate surface area is 109 Å². The monoisotopic (exact) mass is 252 g/mol. The summed E-state index contributed by atoms with van der Waals surface area (Å²) in [7, 11) is 0. The second-order valence-corrected chi connectivity index (χ2v) is 6.48. The first-order chi connectivity index (χ1) is 8.60. The van der Waals surface area contributed by atoms with E-state index in [4.69, 9.17) is 5.73 Å². The molecule has 1 saturated heterocycles. The molecule has 3 N–H and O–H groups in total. The number of β-amino-alcohol motifs (C(OH)–C–C–N with tert-alkyl or cyclic N) is 1. The molecule has 2 saturated carbocycles. The third kappa shape index (κ3) is 2.16. The highest BCUT2D eigenvalue weighted by Crippen LogP contribution is 2.45. The highest BCUT2D eigenvalue weighted by atomic mass is 16.3. The van der Waals surface area contributed by atoms with Crippen molar-refractivity contribution in [3.05, 3.63) is 0 Å². The second kappa shape index (κ2) is 4.49. The topological polar surface area (TPSA) is 66.6 Å². The van der Waals surface area contributed by atoms with Gasteiger partial charge in [-0.25, -0.2) is 0 Å². The van der Waals surface area contributed by atoms with E-state index < -0.39 is 5.60 Å². The van der Waals surface area contributed by atoms with Gasteiger partial charge >= 0.3 is 0 Å². The Bertz CT molecular complexity index is 335. The maximum absolute atomic E-state index is 12.4. The predicted octanol–water partition coefficient (Wildman–Crippen LogP) is 0.877. The first-order valence-electron chi connectivity index (χ1n) is 7.37. The molecule has 0 aromatic heterocycles. The van der Waals surface area contributed by atoms with E-state index >= 15 is 0 Å². The maximum atomic E-state index is 12.4. The van der Waals surface area contributed by atoms with Crippen molar-refractivity contribution in [1.82, 2.24) is 4.90 Å². The van der Waals surface area contributed by atoms with Gasteiger partial charge in [-0.15, -0.1) is 0 Å². The van der Waals surface area contributed by atoms with Crippen LogP contribution in [0.15, 0.2) is 0 Å². The van der Waals surface area contributed by atoms with Crippen LogP contribution in [0, 0.1) is 11.8 Å². The van der Waals surface area contributed by atoms with Gasteiger partial charge in [0, 0.05) is 6.04 Å². The van der Waals surface area contributed by atoms with Crippen molar-refractivity contribution in [2.45, 2.75) is 56.6 Å². The number of hydrogen-bond acceptors (Lipinski definition) is 3. The Hall–Kier alpha value is -0.610. The number of amides is 1. The van der Waals surface area contributed by atoms with Crippen LogP contribution in [-0.4, -0.2) is 40.6 Å². The van der Waals surface area contributed by atoms with Gasteiger partial charge in [-0.2, -0.15) is 0 Å². The molecule has 3 rings (SSSR count). The van der Waals surface area contributed by atoms with E-state index in [1.807, 2.05) is 4.90 Å². The van der Waals surface area contributed by atoms with Gasteiger partial charge in [-0.3, -0.25) is 4.79 Å². The molecular formula is C14H24N2O2. The summed E-state index contributed by atoms with van der Waals surface area (Å²) in [5.41, 5.74) is 5.56. The Balaban J connectivity index is 1.58. The molecule has 0 spiro atoms. The number of rotatable bonds is 2. The molecule has 2 atom stereocenters. The smallest absolute Gasteiger partial charge is 0.227 e. The molecule has 0 aromatic carbocycles. The Morgan fingerprint density at radius 1 is 1.11 bits per heavy atom. The molecule has 3 fully saturated rings. The van der Waals surface area contributed by atoms with Gasteiger partial charge in [0.05, 0.1) is 19.0 Å². The standard InChI is InChI=1S/C14H24N2O2/c15-12-5-3-1-2-4-11(12)13(17)16-8-14(18,9-16)10-6-7-10/h10-12,18H,1-9,15H2. The van der Waals surface area contributed by atoms with Crippen molar-refractivity contribution < 1.29 is 9.90 Å². The number of likely N-dealkylation sites (tertiary alicyclic amines) is 1. The van der Waals surface area contributed by atoms with Gasteiger partial charge in [-0.05, 0) is 31.6 Å². The zero-order valence-corrected chi connectivity index (χ0v) is 11.0. The summed E-state index contributed by atoms with van der Waals surface area (Å²) in [6.07, 6.45) is 7.61. The van der Waals surface area contributed by atoms with Crippen molar-refractivity contribution in [3.63, 3.8) is 0 Å². The van der Waals surface area contributed by atoms with Gasteiger partial charge in [0.1, 0.15) is 5.60 Å². The van der Waals surface area contributed by atoms with Crippen LogP contribution in [0.4, 0.5) is 0 Å². The molecule has 2 aliphatic carbocycles. The first kappa shape index (κ1) is 12.4. The lowest BCUT2D eigenvalue weighted by Gasteiger charge is -2.48. The highest BCUT2D eigenvalue weighted by Gasteiger charge is 2.54. The van der Waals surface area contributed by atoms with Crippen molar-refractivity contribution in [3.8, 4) is 0 Å². The van der Waals surface area contributed by atoms with Crippen LogP contribution in [0.1, 0.15) is 44.9 Å². The zero-order chi connectivity index (χ0) is 12.8. The summed E-state index contributed by atoms with van der Waals surface area (Å²) >= 11 is 0. The van der Waals surface area contributed by atoms with Crippen LogP contribution >= 0.6 is 0 Å². The van der Waals surface area contributed by atoms with Crippen LogP contribution < -0.4 is 5.73 Å². The second-order valence-electron chi connectivity index (χ2n) is 6.48. The molecule has 0 bridgehead atoms. The van der Waals surface area contributed by atoms with E-state index in [1.54, 1.807) is 0 Å². The summed E-state index contributed by atoms with van der Waals surface area (Å²) < 4.78 is 0. The van der Waals surface area contributed by atoms with E-state index in [1.165, 1.54) is 6.42 Å².